The van der Waals surface area contributed by atoms with Crippen molar-refractivity contribution in [3.05, 3.63) is 23.3 Å². The average Bonchev–Trinajstić information content (AvgIpc) is 1.85. The molecule has 0 aromatic carbocycles. The lowest BCUT2D eigenvalue weighted by molar-refractivity contribution is -0.133. The molecule has 11 heavy (non-hydrogen) atoms. The number of hydrogen-bond acceptors (Lipinski definition) is 2. The molecule has 0 fully saturated rings. The number of carboxylic acids is 1. The second-order valence-electron chi connectivity index (χ2n) is 2.56. The molecule has 0 saturated carbocycles. The summed E-state index contributed by atoms with van der Waals surface area (Å²) in [6.45, 7) is 1.68. The molecule has 0 aromatic rings. The molecule has 0 heterocycles. The van der Waals surface area contributed by atoms with Crippen molar-refractivity contribution in [2.75, 3.05) is 0 Å². The Morgan fingerprint density at radius 2 is 2.36 bits per heavy atom. The van der Waals surface area contributed by atoms with Gasteiger partial charge in [0.1, 0.15) is 0 Å². The zero-order valence-electron chi connectivity index (χ0n) is 6.24. The maximum absolute atomic E-state index is 10.5. The van der Waals surface area contributed by atoms with Gasteiger partial charge in [0.15, 0.2) is 0 Å². The molecule has 1 aliphatic rings. The van der Waals surface area contributed by atoms with E-state index < -0.39 is 12.1 Å². The van der Waals surface area contributed by atoms with Crippen LogP contribution in [0, 0.1) is 0 Å². The van der Waals surface area contributed by atoms with Crippen LogP contribution in [0.4, 0.5) is 0 Å². The Bertz CT molecular complexity index is 238. The van der Waals surface area contributed by atoms with E-state index in [2.05, 4.69) is 0 Å². The first-order chi connectivity index (χ1) is 5.13. The fourth-order valence-corrected chi connectivity index (χ4v) is 1.16. The average molecular weight is 154 g/mol. The number of aliphatic carboxylic acids is 1. The van der Waals surface area contributed by atoms with E-state index in [0.29, 0.717) is 12.0 Å². The summed E-state index contributed by atoms with van der Waals surface area (Å²) in [5, 5.41) is 17.8. The molecular weight excluding hydrogens is 144 g/mol. The van der Waals surface area contributed by atoms with Gasteiger partial charge in [-0.25, -0.2) is 4.79 Å². The lowest BCUT2D eigenvalue weighted by atomic mass is 9.96. The monoisotopic (exact) mass is 154 g/mol. The Kier molecular flexibility index (Phi) is 2.10. The third-order valence-electron chi connectivity index (χ3n) is 1.72. The SMILES string of the molecule is CC1=C(C(=O)O)C(O)CC=C1. The van der Waals surface area contributed by atoms with Crippen molar-refractivity contribution in [1.82, 2.24) is 0 Å². The highest BCUT2D eigenvalue weighted by Crippen LogP contribution is 2.18. The predicted molar refractivity (Wildman–Crippen MR) is 40.1 cm³/mol. The smallest absolute Gasteiger partial charge is 0.334 e. The van der Waals surface area contributed by atoms with Crippen molar-refractivity contribution in [3.63, 3.8) is 0 Å². The molecule has 0 aliphatic heterocycles. The second-order valence-corrected chi connectivity index (χ2v) is 2.56. The minimum Gasteiger partial charge on any atom is -0.478 e. The Morgan fingerprint density at radius 3 is 2.73 bits per heavy atom. The van der Waals surface area contributed by atoms with Crippen molar-refractivity contribution in [3.8, 4) is 0 Å². The van der Waals surface area contributed by atoms with E-state index in [1.54, 1.807) is 19.1 Å². The van der Waals surface area contributed by atoms with E-state index in [1.165, 1.54) is 0 Å². The number of rotatable bonds is 1. The highest BCUT2D eigenvalue weighted by Gasteiger charge is 2.21. The molecule has 3 nitrogen and oxygen atoms in total. The molecule has 1 atom stereocenters. The molecule has 0 bridgehead atoms. The van der Waals surface area contributed by atoms with Gasteiger partial charge in [0.25, 0.3) is 0 Å². The molecule has 2 N–H and O–H groups in total. The Labute approximate surface area is 64.7 Å². The fourth-order valence-electron chi connectivity index (χ4n) is 1.16. The van der Waals surface area contributed by atoms with Gasteiger partial charge in [0.2, 0.25) is 0 Å². The summed E-state index contributed by atoms with van der Waals surface area (Å²) in [4.78, 5) is 10.5. The Morgan fingerprint density at radius 1 is 1.73 bits per heavy atom. The van der Waals surface area contributed by atoms with Crippen LogP contribution in [-0.2, 0) is 4.79 Å². The van der Waals surface area contributed by atoms with E-state index in [9.17, 15) is 9.90 Å². The predicted octanol–water partition coefficient (Wildman–Crippen LogP) is 0.708. The van der Waals surface area contributed by atoms with Crippen LogP contribution < -0.4 is 0 Å². The highest BCUT2D eigenvalue weighted by molar-refractivity contribution is 5.89. The Balaban J connectivity index is 3.01. The van der Waals surface area contributed by atoms with Gasteiger partial charge < -0.3 is 10.2 Å². The van der Waals surface area contributed by atoms with Gasteiger partial charge in [0.05, 0.1) is 11.7 Å². The van der Waals surface area contributed by atoms with Gasteiger partial charge >= 0.3 is 5.97 Å². The van der Waals surface area contributed by atoms with Crippen LogP contribution in [0.1, 0.15) is 13.3 Å². The van der Waals surface area contributed by atoms with Crippen molar-refractivity contribution < 1.29 is 15.0 Å². The molecule has 1 rings (SSSR count). The van der Waals surface area contributed by atoms with E-state index in [1.807, 2.05) is 0 Å². The van der Waals surface area contributed by atoms with Crippen molar-refractivity contribution in [2.45, 2.75) is 19.4 Å². The van der Waals surface area contributed by atoms with Crippen LogP contribution in [0.25, 0.3) is 0 Å². The maximum atomic E-state index is 10.5. The summed E-state index contributed by atoms with van der Waals surface area (Å²) in [7, 11) is 0. The zero-order valence-corrected chi connectivity index (χ0v) is 6.24. The molecule has 0 aromatic heterocycles. The second kappa shape index (κ2) is 2.88. The van der Waals surface area contributed by atoms with Crippen LogP contribution >= 0.6 is 0 Å². The number of aliphatic hydroxyl groups excluding tert-OH is 1. The first-order valence-corrected chi connectivity index (χ1v) is 3.41. The molecule has 1 unspecified atom stereocenters. The van der Waals surface area contributed by atoms with Crippen molar-refractivity contribution >= 4 is 5.97 Å². The molecule has 1 aliphatic carbocycles. The van der Waals surface area contributed by atoms with Crippen LogP contribution in [0.5, 0.6) is 0 Å². The largest absolute Gasteiger partial charge is 0.478 e. The lowest BCUT2D eigenvalue weighted by Gasteiger charge is -2.14. The van der Waals surface area contributed by atoms with Gasteiger partial charge in [0, 0.05) is 0 Å². The molecule has 0 radical (unpaired) electrons. The van der Waals surface area contributed by atoms with Gasteiger partial charge in [-0.2, -0.15) is 0 Å². The summed E-state index contributed by atoms with van der Waals surface area (Å²) in [6.07, 6.45) is 3.05. The van der Waals surface area contributed by atoms with E-state index >= 15 is 0 Å². The molecular formula is C8H10O3. The molecule has 0 spiro atoms. The lowest BCUT2D eigenvalue weighted by Crippen LogP contribution is -2.20. The number of aliphatic hydroxyl groups is 1. The molecule has 3 heteroatoms. The topological polar surface area (TPSA) is 57.5 Å². The first kappa shape index (κ1) is 8.01. The standard InChI is InChI=1S/C8H10O3/c1-5-3-2-4-6(9)7(5)8(10)11/h2-3,6,9H,4H2,1H3,(H,10,11). The van der Waals surface area contributed by atoms with Gasteiger partial charge in [-0.3, -0.25) is 0 Å². The Hall–Kier alpha value is -1.09. The van der Waals surface area contributed by atoms with Gasteiger partial charge in [-0.15, -0.1) is 0 Å². The zero-order chi connectivity index (χ0) is 8.43. The van der Waals surface area contributed by atoms with Crippen molar-refractivity contribution in [2.24, 2.45) is 0 Å². The summed E-state index contributed by atoms with van der Waals surface area (Å²) >= 11 is 0. The molecule has 0 amide bonds. The van der Waals surface area contributed by atoms with Crippen LogP contribution in [0.3, 0.4) is 0 Å². The number of carboxylic acid groups (broad SMARTS) is 1. The summed E-state index contributed by atoms with van der Waals surface area (Å²) in [5.41, 5.74) is 0.753. The van der Waals surface area contributed by atoms with Gasteiger partial charge in [-0.1, -0.05) is 12.2 Å². The van der Waals surface area contributed by atoms with Crippen LogP contribution in [0.15, 0.2) is 23.3 Å². The minimum absolute atomic E-state index is 0.118. The summed E-state index contributed by atoms with van der Waals surface area (Å²) in [6, 6.07) is 0. The van der Waals surface area contributed by atoms with Crippen molar-refractivity contribution in [1.29, 1.82) is 0 Å². The first-order valence-electron chi connectivity index (χ1n) is 3.41. The maximum Gasteiger partial charge on any atom is 0.334 e. The highest BCUT2D eigenvalue weighted by atomic mass is 16.4. The normalized spacial score (nSPS) is 24.0. The van der Waals surface area contributed by atoms with E-state index in [-0.39, 0.29) is 5.57 Å². The third kappa shape index (κ3) is 1.49. The molecule has 60 valence electrons. The molecule has 0 saturated heterocycles. The number of carbonyl (C=O) groups is 1. The summed E-state index contributed by atoms with van der Waals surface area (Å²) in [5.74, 6) is -1.03. The number of allylic oxidation sites excluding steroid dienone is 2. The van der Waals surface area contributed by atoms with E-state index in [4.69, 9.17) is 5.11 Å². The third-order valence-corrected chi connectivity index (χ3v) is 1.72. The quantitative estimate of drug-likeness (QED) is 0.584. The minimum atomic E-state index is -1.03. The fraction of sp³-hybridized carbons (Fsp3) is 0.375. The van der Waals surface area contributed by atoms with E-state index in [0.717, 1.165) is 0 Å². The summed E-state index contributed by atoms with van der Waals surface area (Å²) < 4.78 is 0. The van der Waals surface area contributed by atoms with Crippen LogP contribution in [0.2, 0.25) is 0 Å². The van der Waals surface area contributed by atoms with Crippen LogP contribution in [-0.4, -0.2) is 22.3 Å². The number of hydrogen-bond donors (Lipinski definition) is 2. The van der Waals surface area contributed by atoms with Gasteiger partial charge in [-0.05, 0) is 18.9 Å².